The van der Waals surface area contributed by atoms with Gasteiger partial charge < -0.3 is 9.30 Å². The van der Waals surface area contributed by atoms with Crippen LogP contribution in [0.1, 0.15) is 24.0 Å². The van der Waals surface area contributed by atoms with Crippen LogP contribution in [0.15, 0.2) is 66.7 Å². The molecular formula is C25H25ClN2O. The number of halogens is 1. The highest BCUT2D eigenvalue weighted by atomic mass is 35.5. The number of aryl methyl sites for hydroxylation is 3. The third kappa shape index (κ3) is 4.30. The fraction of sp³-hybridized carbons (Fsp3) is 0.240. The minimum Gasteiger partial charge on any atom is -0.493 e. The van der Waals surface area contributed by atoms with Gasteiger partial charge in [0, 0.05) is 17.1 Å². The Labute approximate surface area is 176 Å². The van der Waals surface area contributed by atoms with Crippen LogP contribution in [0.4, 0.5) is 0 Å². The Kier molecular flexibility index (Phi) is 5.86. The Balaban J connectivity index is 1.48. The number of aromatic nitrogens is 2. The molecule has 1 aromatic heterocycles. The van der Waals surface area contributed by atoms with Crippen LogP contribution in [0.2, 0.25) is 5.02 Å². The van der Waals surface area contributed by atoms with E-state index in [-0.39, 0.29) is 0 Å². The van der Waals surface area contributed by atoms with Crippen molar-refractivity contribution < 1.29 is 4.74 Å². The van der Waals surface area contributed by atoms with Crippen molar-refractivity contribution in [3.8, 4) is 17.1 Å². The smallest absolute Gasteiger partial charge is 0.141 e. The van der Waals surface area contributed by atoms with Crippen molar-refractivity contribution in [1.82, 2.24) is 9.55 Å². The molecule has 0 amide bonds. The average molecular weight is 405 g/mol. The molecule has 4 heteroatoms. The Morgan fingerprint density at radius 3 is 2.45 bits per heavy atom. The molecule has 1 heterocycles. The molecule has 4 aromatic rings. The zero-order valence-electron chi connectivity index (χ0n) is 16.9. The van der Waals surface area contributed by atoms with Crippen molar-refractivity contribution in [2.75, 3.05) is 6.61 Å². The van der Waals surface area contributed by atoms with E-state index in [2.05, 4.69) is 60.9 Å². The standard InChI is InChI=1S/C25H25ClN2O/c1-18-9-7-10-19(2)24(18)29-16-6-5-15-28-23-14-4-3-13-22(23)27-25(28)20-11-8-12-21(26)17-20/h3-4,7-14,17H,5-6,15-16H2,1-2H3. The van der Waals surface area contributed by atoms with Gasteiger partial charge in [0.1, 0.15) is 11.6 Å². The summed E-state index contributed by atoms with van der Waals surface area (Å²) in [6.07, 6.45) is 1.99. The average Bonchev–Trinajstić information content (AvgIpc) is 3.08. The molecule has 0 aliphatic heterocycles. The maximum Gasteiger partial charge on any atom is 0.141 e. The normalized spacial score (nSPS) is 11.1. The van der Waals surface area contributed by atoms with Gasteiger partial charge in [0.05, 0.1) is 17.6 Å². The molecule has 0 atom stereocenters. The lowest BCUT2D eigenvalue weighted by Gasteiger charge is -2.13. The first kappa shape index (κ1) is 19.5. The van der Waals surface area contributed by atoms with E-state index >= 15 is 0 Å². The summed E-state index contributed by atoms with van der Waals surface area (Å²) in [6.45, 7) is 5.79. The Hall–Kier alpha value is -2.78. The number of hydrogen-bond acceptors (Lipinski definition) is 2. The molecule has 0 N–H and O–H groups in total. The van der Waals surface area contributed by atoms with Gasteiger partial charge in [-0.3, -0.25) is 0 Å². The van der Waals surface area contributed by atoms with Crippen LogP contribution in [0.25, 0.3) is 22.4 Å². The van der Waals surface area contributed by atoms with Gasteiger partial charge in [-0.15, -0.1) is 0 Å². The van der Waals surface area contributed by atoms with Gasteiger partial charge in [0.15, 0.2) is 0 Å². The minimum absolute atomic E-state index is 0.713. The predicted molar refractivity (Wildman–Crippen MR) is 121 cm³/mol. The molecule has 148 valence electrons. The van der Waals surface area contributed by atoms with Crippen LogP contribution < -0.4 is 4.74 Å². The summed E-state index contributed by atoms with van der Waals surface area (Å²) in [5.74, 6) is 1.98. The van der Waals surface area contributed by atoms with Crippen LogP contribution in [-0.4, -0.2) is 16.2 Å². The third-order valence-electron chi connectivity index (χ3n) is 5.17. The lowest BCUT2D eigenvalue weighted by molar-refractivity contribution is 0.300. The molecule has 0 saturated carbocycles. The van der Waals surface area contributed by atoms with Gasteiger partial charge in [-0.25, -0.2) is 4.98 Å². The van der Waals surface area contributed by atoms with Crippen LogP contribution in [0, 0.1) is 13.8 Å². The van der Waals surface area contributed by atoms with E-state index < -0.39 is 0 Å². The largest absolute Gasteiger partial charge is 0.493 e. The molecular weight excluding hydrogens is 380 g/mol. The monoisotopic (exact) mass is 404 g/mol. The minimum atomic E-state index is 0.713. The SMILES string of the molecule is Cc1cccc(C)c1OCCCCn1c(-c2cccc(Cl)c2)nc2ccccc21. The summed E-state index contributed by atoms with van der Waals surface area (Å²) >= 11 is 6.22. The molecule has 0 fully saturated rings. The molecule has 4 rings (SSSR count). The number of fused-ring (bicyclic) bond motifs is 1. The summed E-state index contributed by atoms with van der Waals surface area (Å²) in [4.78, 5) is 4.87. The van der Waals surface area contributed by atoms with Gasteiger partial charge in [-0.1, -0.05) is 54.1 Å². The van der Waals surface area contributed by atoms with Crippen molar-refractivity contribution in [1.29, 1.82) is 0 Å². The van der Waals surface area contributed by atoms with E-state index in [1.54, 1.807) is 0 Å². The Bertz CT molecular complexity index is 1110. The fourth-order valence-electron chi connectivity index (χ4n) is 3.72. The van der Waals surface area contributed by atoms with Crippen LogP contribution in [0.5, 0.6) is 5.75 Å². The highest BCUT2D eigenvalue weighted by molar-refractivity contribution is 6.30. The van der Waals surface area contributed by atoms with E-state index in [0.717, 1.165) is 52.6 Å². The maximum atomic E-state index is 6.22. The lowest BCUT2D eigenvalue weighted by Crippen LogP contribution is -2.05. The highest BCUT2D eigenvalue weighted by Crippen LogP contribution is 2.27. The van der Waals surface area contributed by atoms with Gasteiger partial charge in [0.25, 0.3) is 0 Å². The molecule has 0 unspecified atom stereocenters. The molecule has 29 heavy (non-hydrogen) atoms. The molecule has 0 spiro atoms. The number of unbranched alkanes of at least 4 members (excludes halogenated alkanes) is 1. The zero-order chi connectivity index (χ0) is 20.2. The fourth-order valence-corrected chi connectivity index (χ4v) is 3.91. The Morgan fingerprint density at radius 1 is 0.897 bits per heavy atom. The molecule has 0 saturated heterocycles. The number of rotatable bonds is 7. The van der Waals surface area contributed by atoms with Gasteiger partial charge in [0.2, 0.25) is 0 Å². The molecule has 3 nitrogen and oxygen atoms in total. The van der Waals surface area contributed by atoms with Crippen LogP contribution >= 0.6 is 11.6 Å². The molecule has 3 aromatic carbocycles. The highest BCUT2D eigenvalue weighted by Gasteiger charge is 2.12. The second-order valence-corrected chi connectivity index (χ2v) is 7.80. The number of imidazole rings is 1. The molecule has 0 bridgehead atoms. The molecule has 0 aliphatic carbocycles. The van der Waals surface area contributed by atoms with Gasteiger partial charge >= 0.3 is 0 Å². The maximum absolute atomic E-state index is 6.22. The van der Waals surface area contributed by atoms with Gasteiger partial charge in [-0.2, -0.15) is 0 Å². The van der Waals surface area contributed by atoms with Gasteiger partial charge in [-0.05, 0) is 62.1 Å². The summed E-state index contributed by atoms with van der Waals surface area (Å²) in [7, 11) is 0. The summed E-state index contributed by atoms with van der Waals surface area (Å²) < 4.78 is 8.35. The van der Waals surface area contributed by atoms with Crippen molar-refractivity contribution >= 4 is 22.6 Å². The quantitative estimate of drug-likeness (QED) is 0.315. The topological polar surface area (TPSA) is 27.1 Å². The van der Waals surface area contributed by atoms with Crippen molar-refractivity contribution in [2.45, 2.75) is 33.2 Å². The van der Waals surface area contributed by atoms with Crippen LogP contribution in [0.3, 0.4) is 0 Å². The number of benzene rings is 3. The van der Waals surface area contributed by atoms with E-state index in [9.17, 15) is 0 Å². The first-order valence-electron chi connectivity index (χ1n) is 10.0. The summed E-state index contributed by atoms with van der Waals surface area (Å²) in [5.41, 5.74) is 5.58. The number of nitrogens with zero attached hydrogens (tertiary/aromatic N) is 2. The van der Waals surface area contributed by atoms with Crippen molar-refractivity contribution in [3.05, 3.63) is 82.9 Å². The van der Waals surface area contributed by atoms with Crippen LogP contribution in [-0.2, 0) is 6.54 Å². The second kappa shape index (κ2) is 8.71. The van der Waals surface area contributed by atoms with E-state index in [4.69, 9.17) is 21.3 Å². The molecule has 0 radical (unpaired) electrons. The van der Waals surface area contributed by atoms with E-state index in [0.29, 0.717) is 6.61 Å². The first-order valence-corrected chi connectivity index (χ1v) is 10.4. The van der Waals surface area contributed by atoms with Crippen molar-refractivity contribution in [2.24, 2.45) is 0 Å². The predicted octanol–water partition coefficient (Wildman–Crippen LogP) is 6.83. The van der Waals surface area contributed by atoms with E-state index in [1.165, 1.54) is 11.1 Å². The number of para-hydroxylation sites is 3. The zero-order valence-corrected chi connectivity index (χ0v) is 17.6. The van der Waals surface area contributed by atoms with Crippen molar-refractivity contribution in [3.63, 3.8) is 0 Å². The Morgan fingerprint density at radius 2 is 1.66 bits per heavy atom. The summed E-state index contributed by atoms with van der Waals surface area (Å²) in [6, 6.07) is 22.4. The molecule has 0 aliphatic rings. The second-order valence-electron chi connectivity index (χ2n) is 7.36. The summed E-state index contributed by atoms with van der Waals surface area (Å²) in [5, 5.41) is 0.725. The first-order chi connectivity index (χ1) is 14.1. The third-order valence-corrected chi connectivity index (χ3v) is 5.40. The number of ether oxygens (including phenoxy) is 1. The van der Waals surface area contributed by atoms with E-state index in [1.807, 2.05) is 24.3 Å². The lowest BCUT2D eigenvalue weighted by atomic mass is 10.1. The number of hydrogen-bond donors (Lipinski definition) is 0.